The smallest absolute Gasteiger partial charge is 0.338 e. The van der Waals surface area contributed by atoms with Crippen LogP contribution in [0.3, 0.4) is 0 Å². The molecular weight excluding hydrogens is 684 g/mol. The van der Waals surface area contributed by atoms with E-state index in [9.17, 15) is 19.2 Å². The van der Waals surface area contributed by atoms with E-state index in [1.165, 1.54) is 0 Å². The van der Waals surface area contributed by atoms with Crippen LogP contribution in [-0.2, 0) is 45.4 Å². The Bertz CT molecular complexity index is 2110. The number of hydrogen-bond acceptors (Lipinski definition) is 10. The highest BCUT2D eigenvalue weighted by molar-refractivity contribution is 5.95. The molecule has 0 atom stereocenters. The molecule has 7 rings (SSSR count). The molecule has 0 fully saturated rings. The van der Waals surface area contributed by atoms with Crippen LogP contribution in [0.15, 0.2) is 146 Å². The summed E-state index contributed by atoms with van der Waals surface area (Å²) in [6.07, 6.45) is 0. The second kappa shape index (κ2) is 16.4. The second-order valence-corrected chi connectivity index (χ2v) is 12.2. The molecule has 0 amide bonds. The maximum absolute atomic E-state index is 12.9. The molecule has 266 valence electrons. The zero-order chi connectivity index (χ0) is 37.3. The SMILES string of the molecule is O=C(OCc1ccc(COC(=O)c2ccccc2)c2nc3c(COC(=O)c4ccccc4)ccc(COC(=O)c4ccccc4)c3nc12)c1ccccc1. The van der Waals surface area contributed by atoms with E-state index < -0.39 is 23.9 Å². The lowest BCUT2D eigenvalue weighted by Gasteiger charge is -2.16. The van der Waals surface area contributed by atoms with Gasteiger partial charge in [-0.05, 0) is 48.5 Å². The van der Waals surface area contributed by atoms with Crippen molar-refractivity contribution in [1.82, 2.24) is 9.97 Å². The summed E-state index contributed by atoms with van der Waals surface area (Å²) in [5.41, 5.74) is 5.22. The summed E-state index contributed by atoms with van der Waals surface area (Å²) < 4.78 is 22.8. The lowest BCUT2D eigenvalue weighted by Crippen LogP contribution is -2.10. The Morgan fingerprint density at radius 2 is 0.519 bits per heavy atom. The van der Waals surface area contributed by atoms with Crippen molar-refractivity contribution in [3.63, 3.8) is 0 Å². The Morgan fingerprint density at radius 1 is 0.315 bits per heavy atom. The third kappa shape index (κ3) is 8.13. The van der Waals surface area contributed by atoms with Crippen LogP contribution in [0.4, 0.5) is 0 Å². The van der Waals surface area contributed by atoms with Crippen LogP contribution in [0.5, 0.6) is 0 Å². The van der Waals surface area contributed by atoms with Gasteiger partial charge in [0, 0.05) is 22.3 Å². The Kier molecular flexibility index (Phi) is 10.7. The molecule has 0 aliphatic carbocycles. The van der Waals surface area contributed by atoms with Crippen molar-refractivity contribution in [1.29, 1.82) is 0 Å². The van der Waals surface area contributed by atoms with Gasteiger partial charge in [0.1, 0.15) is 26.4 Å². The van der Waals surface area contributed by atoms with Crippen LogP contribution in [0.1, 0.15) is 63.7 Å². The van der Waals surface area contributed by atoms with Gasteiger partial charge >= 0.3 is 23.9 Å². The quantitative estimate of drug-likeness (QED) is 0.0693. The first-order valence-corrected chi connectivity index (χ1v) is 17.1. The first-order chi connectivity index (χ1) is 26.4. The maximum Gasteiger partial charge on any atom is 0.338 e. The minimum absolute atomic E-state index is 0.138. The third-order valence-electron chi connectivity index (χ3n) is 8.56. The largest absolute Gasteiger partial charge is 0.457 e. The van der Waals surface area contributed by atoms with Crippen molar-refractivity contribution in [2.45, 2.75) is 26.4 Å². The Hall–Kier alpha value is -7.20. The zero-order valence-electron chi connectivity index (χ0n) is 28.8. The number of aromatic nitrogens is 2. The van der Waals surface area contributed by atoms with E-state index in [0.717, 1.165) is 0 Å². The highest BCUT2D eigenvalue weighted by Crippen LogP contribution is 2.29. The Labute approximate surface area is 309 Å². The number of nitrogens with zero attached hydrogens (tertiary/aromatic N) is 2. The lowest BCUT2D eigenvalue weighted by molar-refractivity contribution is 0.0461. The monoisotopic (exact) mass is 716 g/mol. The summed E-state index contributed by atoms with van der Waals surface area (Å²) in [5, 5.41) is 0. The second-order valence-electron chi connectivity index (χ2n) is 12.2. The fraction of sp³-hybridized carbons (Fsp3) is 0.0909. The molecule has 0 saturated heterocycles. The molecule has 0 spiro atoms. The number of hydrogen-bond donors (Lipinski definition) is 0. The Morgan fingerprint density at radius 3 is 0.722 bits per heavy atom. The molecule has 0 saturated carbocycles. The van der Waals surface area contributed by atoms with Crippen molar-refractivity contribution in [2.24, 2.45) is 0 Å². The third-order valence-corrected chi connectivity index (χ3v) is 8.56. The highest BCUT2D eigenvalue weighted by atomic mass is 16.5. The predicted molar refractivity (Wildman–Crippen MR) is 199 cm³/mol. The zero-order valence-corrected chi connectivity index (χ0v) is 28.8. The van der Waals surface area contributed by atoms with E-state index >= 15 is 0 Å². The number of ether oxygens (including phenoxy) is 4. The number of carbonyl (C=O) groups is 4. The van der Waals surface area contributed by atoms with Gasteiger partial charge in [-0.2, -0.15) is 0 Å². The van der Waals surface area contributed by atoms with E-state index in [1.54, 1.807) is 146 Å². The number of benzene rings is 6. The molecule has 6 aromatic carbocycles. The molecule has 0 aliphatic rings. The fourth-order valence-corrected chi connectivity index (χ4v) is 5.72. The van der Waals surface area contributed by atoms with Gasteiger partial charge in [-0.15, -0.1) is 0 Å². The van der Waals surface area contributed by atoms with E-state index in [2.05, 4.69) is 0 Å². The molecule has 7 aromatic rings. The van der Waals surface area contributed by atoms with Gasteiger partial charge in [0.15, 0.2) is 0 Å². The average molecular weight is 717 g/mol. The van der Waals surface area contributed by atoms with Gasteiger partial charge in [-0.1, -0.05) is 97.1 Å². The van der Waals surface area contributed by atoms with Gasteiger partial charge in [0.05, 0.1) is 44.3 Å². The number of esters is 4. The maximum atomic E-state index is 12.9. The van der Waals surface area contributed by atoms with E-state index in [0.29, 0.717) is 66.6 Å². The molecule has 0 N–H and O–H groups in total. The Balaban J connectivity index is 1.29. The molecule has 0 aliphatic heterocycles. The number of carbonyl (C=O) groups excluding carboxylic acids is 4. The van der Waals surface area contributed by atoms with Crippen LogP contribution in [-0.4, -0.2) is 33.8 Å². The molecule has 1 heterocycles. The van der Waals surface area contributed by atoms with Crippen LogP contribution >= 0.6 is 0 Å². The van der Waals surface area contributed by atoms with E-state index in [1.807, 2.05) is 0 Å². The van der Waals surface area contributed by atoms with Gasteiger partial charge < -0.3 is 18.9 Å². The summed E-state index contributed by atoms with van der Waals surface area (Å²) in [5.74, 6) is -2.08. The van der Waals surface area contributed by atoms with Gasteiger partial charge in [0.2, 0.25) is 0 Å². The minimum Gasteiger partial charge on any atom is -0.457 e. The predicted octanol–water partition coefficient (Wildman–Crippen LogP) is 8.21. The van der Waals surface area contributed by atoms with Gasteiger partial charge in [-0.25, -0.2) is 29.1 Å². The van der Waals surface area contributed by atoms with Gasteiger partial charge in [0.25, 0.3) is 0 Å². The summed E-state index contributed by atoms with van der Waals surface area (Å²) in [7, 11) is 0. The van der Waals surface area contributed by atoms with E-state index in [-0.39, 0.29) is 26.4 Å². The van der Waals surface area contributed by atoms with E-state index in [4.69, 9.17) is 28.9 Å². The molecular formula is C44H32N2O8. The van der Waals surface area contributed by atoms with Crippen molar-refractivity contribution in [2.75, 3.05) is 0 Å². The summed E-state index contributed by atoms with van der Waals surface area (Å²) in [6.45, 7) is -0.551. The first kappa shape index (κ1) is 35.2. The minimum atomic E-state index is -0.519. The van der Waals surface area contributed by atoms with Gasteiger partial charge in [-0.3, -0.25) is 0 Å². The average Bonchev–Trinajstić information content (AvgIpc) is 3.23. The lowest BCUT2D eigenvalue weighted by atomic mass is 10.0. The molecule has 10 nitrogen and oxygen atoms in total. The molecule has 54 heavy (non-hydrogen) atoms. The topological polar surface area (TPSA) is 131 Å². The summed E-state index contributed by atoms with van der Waals surface area (Å²) in [4.78, 5) is 61.8. The molecule has 0 unspecified atom stereocenters. The fourth-order valence-electron chi connectivity index (χ4n) is 5.72. The standard InChI is InChI=1S/C44H32N2O8/c47-41(29-13-5-1-6-14-29)51-25-33-21-22-34(26-52-42(48)30-15-7-2-8-16-30)38-37(33)45-39-35(27-53-43(49)31-17-9-3-10-18-31)23-24-36(40(39)46-38)28-54-44(50)32-19-11-4-12-20-32/h1-24H,25-28H2. The molecule has 0 radical (unpaired) electrons. The number of fused-ring (bicyclic) bond motifs is 2. The van der Waals surface area contributed by atoms with Crippen LogP contribution in [0.2, 0.25) is 0 Å². The highest BCUT2D eigenvalue weighted by Gasteiger charge is 2.20. The normalized spacial score (nSPS) is 10.8. The van der Waals surface area contributed by atoms with Crippen LogP contribution in [0.25, 0.3) is 22.1 Å². The van der Waals surface area contributed by atoms with Crippen molar-refractivity contribution in [3.05, 3.63) is 190 Å². The van der Waals surface area contributed by atoms with Crippen molar-refractivity contribution >= 4 is 45.9 Å². The first-order valence-electron chi connectivity index (χ1n) is 17.1. The van der Waals surface area contributed by atoms with Crippen molar-refractivity contribution < 1.29 is 38.1 Å². The van der Waals surface area contributed by atoms with Crippen LogP contribution in [0, 0.1) is 0 Å². The molecule has 0 bridgehead atoms. The number of rotatable bonds is 12. The van der Waals surface area contributed by atoms with Crippen molar-refractivity contribution in [3.8, 4) is 0 Å². The van der Waals surface area contributed by atoms with Crippen LogP contribution < -0.4 is 0 Å². The molecule has 10 heteroatoms. The molecule has 1 aromatic heterocycles. The summed E-state index contributed by atoms with van der Waals surface area (Å²) >= 11 is 0. The summed E-state index contributed by atoms with van der Waals surface area (Å²) in [6, 6.07) is 41.4.